The molecular formula is C31H44N8O6. The number of amides is 6. The zero-order valence-corrected chi connectivity index (χ0v) is 26.5. The Kier molecular flexibility index (Phi) is 11.3. The number of benzene rings is 1. The Morgan fingerprint density at radius 3 is 2.36 bits per heavy atom. The van der Waals surface area contributed by atoms with Gasteiger partial charge in [0.05, 0.1) is 18.6 Å². The minimum Gasteiger partial charge on any atom is -0.421 e. The summed E-state index contributed by atoms with van der Waals surface area (Å²) in [6, 6.07) is 4.89. The lowest BCUT2D eigenvalue weighted by Gasteiger charge is -2.32. The molecule has 5 atom stereocenters. The van der Waals surface area contributed by atoms with E-state index < -0.39 is 66.4 Å². The summed E-state index contributed by atoms with van der Waals surface area (Å²) in [5.41, 5.74) is 0.827. The molecule has 0 saturated carbocycles. The Morgan fingerprint density at radius 1 is 0.956 bits per heavy atom. The lowest BCUT2D eigenvalue weighted by atomic mass is 10.0. The quantitative estimate of drug-likeness (QED) is 0.385. The van der Waals surface area contributed by atoms with E-state index >= 15 is 0 Å². The number of imide groups is 1. The van der Waals surface area contributed by atoms with E-state index in [1.54, 1.807) is 6.92 Å². The zero-order chi connectivity index (χ0) is 32.7. The minimum absolute atomic E-state index is 0.0253. The van der Waals surface area contributed by atoms with Crippen LogP contribution in [0.1, 0.15) is 82.8 Å². The monoisotopic (exact) mass is 624 g/mol. The molecule has 14 heteroatoms. The van der Waals surface area contributed by atoms with Crippen molar-refractivity contribution in [2.45, 2.75) is 90.0 Å². The second kappa shape index (κ2) is 15.1. The van der Waals surface area contributed by atoms with Gasteiger partial charge >= 0.3 is 6.03 Å². The van der Waals surface area contributed by atoms with Crippen LogP contribution in [-0.4, -0.2) is 87.9 Å². The molecule has 0 aliphatic carbocycles. The van der Waals surface area contributed by atoms with E-state index in [-0.39, 0.29) is 24.7 Å². The van der Waals surface area contributed by atoms with E-state index in [1.165, 1.54) is 7.05 Å². The fourth-order valence-corrected chi connectivity index (χ4v) is 5.78. The van der Waals surface area contributed by atoms with E-state index in [0.717, 1.165) is 16.9 Å². The van der Waals surface area contributed by atoms with Crippen molar-refractivity contribution in [2.75, 3.05) is 20.1 Å². The van der Waals surface area contributed by atoms with Crippen LogP contribution in [-0.2, 0) is 25.6 Å². The van der Waals surface area contributed by atoms with E-state index in [1.807, 2.05) is 56.0 Å². The molecule has 45 heavy (non-hydrogen) atoms. The van der Waals surface area contributed by atoms with Crippen molar-refractivity contribution in [3.8, 4) is 0 Å². The van der Waals surface area contributed by atoms with Gasteiger partial charge < -0.3 is 25.7 Å². The van der Waals surface area contributed by atoms with Crippen LogP contribution >= 0.6 is 0 Å². The maximum atomic E-state index is 13.6. The van der Waals surface area contributed by atoms with Crippen molar-refractivity contribution in [1.29, 1.82) is 0 Å². The van der Waals surface area contributed by atoms with Gasteiger partial charge in [0.2, 0.25) is 35.4 Å². The molecule has 1 unspecified atom stereocenters. The highest BCUT2D eigenvalue weighted by molar-refractivity contribution is 5.99. The summed E-state index contributed by atoms with van der Waals surface area (Å²) >= 11 is 0. The van der Waals surface area contributed by atoms with Crippen LogP contribution in [0.25, 0.3) is 0 Å². The van der Waals surface area contributed by atoms with Crippen LogP contribution in [0.4, 0.5) is 4.79 Å². The van der Waals surface area contributed by atoms with Gasteiger partial charge in [-0.05, 0) is 50.6 Å². The Bertz CT molecular complexity index is 1360. The number of aromatic nitrogens is 2. The number of likely N-dealkylation sites (N-methyl/N-ethyl adjacent to an activating group) is 1. The summed E-state index contributed by atoms with van der Waals surface area (Å²) in [4.78, 5) is 69.5. The van der Waals surface area contributed by atoms with Gasteiger partial charge in [0, 0.05) is 13.5 Å². The molecule has 3 heterocycles. The van der Waals surface area contributed by atoms with Gasteiger partial charge in [-0.15, -0.1) is 10.2 Å². The molecule has 1 fully saturated rings. The fourth-order valence-electron chi connectivity index (χ4n) is 5.78. The van der Waals surface area contributed by atoms with Crippen LogP contribution in [0, 0.1) is 5.92 Å². The summed E-state index contributed by atoms with van der Waals surface area (Å²) in [5, 5.41) is 19.3. The number of carbonyl (C=O) groups excluding carboxylic acids is 5. The average molecular weight is 625 g/mol. The highest BCUT2D eigenvalue weighted by Crippen LogP contribution is 2.32. The first-order valence-corrected chi connectivity index (χ1v) is 15.6. The molecule has 1 aromatic heterocycles. The topological polar surface area (TPSA) is 179 Å². The van der Waals surface area contributed by atoms with Crippen molar-refractivity contribution >= 4 is 29.7 Å². The predicted octanol–water partition coefficient (Wildman–Crippen LogP) is 1.60. The Morgan fingerprint density at radius 2 is 1.67 bits per heavy atom. The van der Waals surface area contributed by atoms with Crippen LogP contribution in [0.5, 0.6) is 0 Å². The van der Waals surface area contributed by atoms with Gasteiger partial charge in [0.25, 0.3) is 0 Å². The van der Waals surface area contributed by atoms with Crippen LogP contribution in [0.15, 0.2) is 34.7 Å². The van der Waals surface area contributed by atoms with Crippen LogP contribution in [0.2, 0.25) is 0 Å². The number of rotatable bonds is 5. The van der Waals surface area contributed by atoms with Crippen molar-refractivity contribution < 1.29 is 28.4 Å². The van der Waals surface area contributed by atoms with Gasteiger partial charge in [0.1, 0.15) is 18.1 Å². The van der Waals surface area contributed by atoms with Crippen molar-refractivity contribution in [2.24, 2.45) is 5.92 Å². The number of hydrogen-bond donors (Lipinski definition) is 4. The van der Waals surface area contributed by atoms with Gasteiger partial charge in [0.15, 0.2) is 0 Å². The molecule has 1 saturated heterocycles. The number of carbonyl (C=O) groups is 5. The standard InChI is InChI=1S/C31H44N8O6/c1-6-23-29-37-36-28(45-29)19(4)33-27(42)22(16-20-11-8-7-9-12-20)34-25(40)17-32-26(41)21(15-18(2)3)35-31(44)38(5)30(43)24-13-10-14-39(23)24/h7-9,11-12,18-19,21-24H,6,10,13-17H2,1-5H3,(H,32,41)(H,33,42)(H,34,40)(H,35,44)/t19-,21-,22-,23?,24-/m0/s1. The zero-order valence-electron chi connectivity index (χ0n) is 26.5. The molecule has 2 aliphatic rings. The highest BCUT2D eigenvalue weighted by Gasteiger charge is 2.40. The fraction of sp³-hybridized carbons (Fsp3) is 0.581. The van der Waals surface area contributed by atoms with E-state index in [0.29, 0.717) is 25.3 Å². The molecule has 1 aromatic carbocycles. The smallest absolute Gasteiger partial charge is 0.324 e. The average Bonchev–Trinajstić information content (AvgIpc) is 3.70. The summed E-state index contributed by atoms with van der Waals surface area (Å²) in [6.07, 6.45) is 2.32. The summed E-state index contributed by atoms with van der Waals surface area (Å²) in [6.45, 7) is 7.61. The van der Waals surface area contributed by atoms with E-state index in [4.69, 9.17) is 4.42 Å². The maximum absolute atomic E-state index is 13.6. The third-order valence-corrected chi connectivity index (χ3v) is 8.15. The molecule has 2 bridgehead atoms. The summed E-state index contributed by atoms with van der Waals surface area (Å²) < 4.78 is 6.04. The predicted molar refractivity (Wildman–Crippen MR) is 163 cm³/mol. The minimum atomic E-state index is -0.990. The number of fused-ring (bicyclic) bond motifs is 3. The van der Waals surface area contributed by atoms with Crippen molar-refractivity contribution in [3.63, 3.8) is 0 Å². The Labute approximate surface area is 263 Å². The first-order valence-electron chi connectivity index (χ1n) is 15.6. The molecular weight excluding hydrogens is 580 g/mol. The first kappa shape index (κ1) is 33.6. The second-order valence-corrected chi connectivity index (χ2v) is 12.1. The molecule has 4 rings (SSSR count). The molecule has 4 N–H and O–H groups in total. The number of hydrogen-bond acceptors (Lipinski definition) is 9. The molecule has 2 aliphatic heterocycles. The Hall–Kier alpha value is -4.33. The lowest BCUT2D eigenvalue weighted by Crippen LogP contribution is -2.56. The Balaban J connectivity index is 1.66. The number of nitrogens with one attached hydrogen (secondary N) is 4. The summed E-state index contributed by atoms with van der Waals surface area (Å²) in [7, 11) is 1.39. The maximum Gasteiger partial charge on any atom is 0.324 e. The highest BCUT2D eigenvalue weighted by atomic mass is 16.4. The molecule has 6 amide bonds. The van der Waals surface area contributed by atoms with Crippen molar-refractivity contribution in [3.05, 3.63) is 47.7 Å². The number of nitrogens with zero attached hydrogens (tertiary/aromatic N) is 4. The first-order chi connectivity index (χ1) is 21.5. The van der Waals surface area contributed by atoms with Gasteiger partial charge in [-0.25, -0.2) is 4.79 Å². The molecule has 14 nitrogen and oxygen atoms in total. The van der Waals surface area contributed by atoms with Crippen molar-refractivity contribution in [1.82, 2.24) is 41.3 Å². The van der Waals surface area contributed by atoms with E-state index in [2.05, 4.69) is 31.5 Å². The van der Waals surface area contributed by atoms with Gasteiger partial charge in [-0.3, -0.25) is 29.0 Å². The van der Waals surface area contributed by atoms with Gasteiger partial charge in [-0.2, -0.15) is 0 Å². The normalized spacial score (nSPS) is 26.1. The SMILES string of the molecule is CCC1c2nnc(o2)[C@H](C)NC(=O)[C@H](Cc2ccccc2)NC(=O)CNC(=O)[C@H](CC(C)C)NC(=O)N(C)C(=O)[C@@H]2CCCN12. The van der Waals surface area contributed by atoms with Crippen LogP contribution < -0.4 is 21.3 Å². The second-order valence-electron chi connectivity index (χ2n) is 12.1. The number of urea groups is 1. The molecule has 244 valence electrons. The molecule has 0 spiro atoms. The summed E-state index contributed by atoms with van der Waals surface area (Å²) in [5.74, 6) is -1.53. The van der Waals surface area contributed by atoms with E-state index in [9.17, 15) is 24.0 Å². The third-order valence-electron chi connectivity index (χ3n) is 8.15. The van der Waals surface area contributed by atoms with Crippen LogP contribution in [0.3, 0.4) is 0 Å². The molecule has 0 radical (unpaired) electrons. The lowest BCUT2D eigenvalue weighted by molar-refractivity contribution is -0.133. The third kappa shape index (κ3) is 8.44. The molecule has 2 aromatic rings. The largest absolute Gasteiger partial charge is 0.421 e. The van der Waals surface area contributed by atoms with Gasteiger partial charge in [-0.1, -0.05) is 51.1 Å².